The third kappa shape index (κ3) is 6.20. The summed E-state index contributed by atoms with van der Waals surface area (Å²) in [4.78, 5) is 8.86. The molecule has 2 N–H and O–H groups in total. The summed E-state index contributed by atoms with van der Waals surface area (Å²) in [6.07, 6.45) is -0.188. The van der Waals surface area contributed by atoms with Gasteiger partial charge in [-0.15, -0.1) is 0 Å². The first-order chi connectivity index (χ1) is 20.1. The SMILES string of the molecule is Cc1oc(-c2ccc(Cl)c(F)c2)nc1CSc1nc(N)c(C#N)c(-c2ccc(OC[C@@H]3COC(C)(C)O3)cc2)c1C#N. The molecule has 5 rings (SSSR count). The molecule has 0 aliphatic carbocycles. The number of halogens is 2. The van der Waals surface area contributed by atoms with Crippen molar-refractivity contribution in [3.05, 3.63) is 75.9 Å². The molecule has 0 spiro atoms. The topological polar surface area (TPSA) is 140 Å². The molecular formula is C30H25ClFN5O4S. The predicted octanol–water partition coefficient (Wildman–Crippen LogP) is 6.65. The molecule has 9 nitrogen and oxygen atoms in total. The predicted molar refractivity (Wildman–Crippen MR) is 155 cm³/mol. The maximum atomic E-state index is 14.0. The third-order valence-electron chi connectivity index (χ3n) is 6.47. The molecule has 2 aromatic heterocycles. The van der Waals surface area contributed by atoms with Crippen molar-refractivity contribution in [1.82, 2.24) is 9.97 Å². The summed E-state index contributed by atoms with van der Waals surface area (Å²) < 4.78 is 36.9. The third-order valence-corrected chi connectivity index (χ3v) is 7.76. The Morgan fingerprint density at radius 1 is 1.12 bits per heavy atom. The summed E-state index contributed by atoms with van der Waals surface area (Å²) in [6.45, 7) is 6.19. The Kier molecular flexibility index (Phi) is 8.39. The highest BCUT2D eigenvalue weighted by atomic mass is 35.5. The second-order valence-corrected chi connectivity index (χ2v) is 11.2. The molecule has 1 atom stereocenters. The molecule has 214 valence electrons. The van der Waals surface area contributed by atoms with Gasteiger partial charge in [-0.3, -0.25) is 0 Å². The van der Waals surface area contributed by atoms with E-state index in [0.29, 0.717) is 52.1 Å². The van der Waals surface area contributed by atoms with Crippen LogP contribution >= 0.6 is 23.4 Å². The van der Waals surface area contributed by atoms with Gasteiger partial charge in [-0.1, -0.05) is 35.5 Å². The van der Waals surface area contributed by atoms with Crippen molar-refractivity contribution in [2.75, 3.05) is 18.9 Å². The Labute approximate surface area is 251 Å². The van der Waals surface area contributed by atoms with Gasteiger partial charge in [0.15, 0.2) is 5.79 Å². The first kappa shape index (κ1) is 29.4. The fourth-order valence-corrected chi connectivity index (χ4v) is 5.51. The van der Waals surface area contributed by atoms with Gasteiger partial charge in [0.05, 0.1) is 22.9 Å². The minimum atomic E-state index is -0.638. The van der Waals surface area contributed by atoms with Crippen LogP contribution in [-0.4, -0.2) is 35.1 Å². The van der Waals surface area contributed by atoms with Gasteiger partial charge < -0.3 is 24.4 Å². The highest BCUT2D eigenvalue weighted by molar-refractivity contribution is 7.98. The Morgan fingerprint density at radius 2 is 1.83 bits per heavy atom. The van der Waals surface area contributed by atoms with Crippen molar-refractivity contribution in [2.45, 2.75) is 43.4 Å². The van der Waals surface area contributed by atoms with Crippen LogP contribution in [0.2, 0.25) is 5.02 Å². The number of nitrogens with zero attached hydrogens (tertiary/aromatic N) is 4. The summed E-state index contributed by atoms with van der Waals surface area (Å²) in [5.74, 6) is 0.441. The zero-order chi connectivity index (χ0) is 30.0. The van der Waals surface area contributed by atoms with Crippen LogP contribution in [0.4, 0.5) is 10.2 Å². The number of anilines is 1. The Hall–Kier alpha value is -4.13. The smallest absolute Gasteiger partial charge is 0.226 e. The van der Waals surface area contributed by atoms with Crippen LogP contribution in [0.15, 0.2) is 51.9 Å². The summed E-state index contributed by atoms with van der Waals surface area (Å²) in [6, 6.07) is 15.6. The van der Waals surface area contributed by atoms with Gasteiger partial charge in [-0.25, -0.2) is 14.4 Å². The van der Waals surface area contributed by atoms with E-state index >= 15 is 0 Å². The number of nitrogens with two attached hydrogens (primary N) is 1. The largest absolute Gasteiger partial charge is 0.491 e. The van der Waals surface area contributed by atoms with Gasteiger partial charge in [0, 0.05) is 16.9 Å². The van der Waals surface area contributed by atoms with Crippen LogP contribution in [0.25, 0.3) is 22.6 Å². The van der Waals surface area contributed by atoms with Crippen LogP contribution in [0, 0.1) is 35.4 Å². The second-order valence-electron chi connectivity index (χ2n) is 9.88. The Balaban J connectivity index is 1.38. The molecule has 0 bridgehead atoms. The standard InChI is InChI=1S/C30H25ClFN5O4S/c1-16-25(36-28(40-16)18-6-9-23(31)24(32)10-18)15-42-29-22(12-34)26(21(11-33)27(35)37-29)17-4-7-19(8-5-17)38-13-20-14-39-30(2,3)41-20/h4-10,20H,13-15H2,1-3H3,(H2,35,37)/t20-/m1/s1. The van der Waals surface area contributed by atoms with E-state index in [2.05, 4.69) is 22.1 Å². The zero-order valence-corrected chi connectivity index (χ0v) is 24.5. The highest BCUT2D eigenvalue weighted by Crippen LogP contribution is 2.38. The molecule has 0 radical (unpaired) electrons. The lowest BCUT2D eigenvalue weighted by atomic mass is 9.97. The van der Waals surface area contributed by atoms with Gasteiger partial charge in [-0.2, -0.15) is 10.5 Å². The summed E-state index contributed by atoms with van der Waals surface area (Å²) in [7, 11) is 0. The Morgan fingerprint density at radius 3 is 2.48 bits per heavy atom. The number of aryl methyl sites for hydroxylation is 1. The van der Waals surface area contributed by atoms with Crippen LogP contribution in [-0.2, 0) is 15.2 Å². The number of hydrogen-bond donors (Lipinski definition) is 1. The van der Waals surface area contributed by atoms with E-state index in [1.165, 1.54) is 23.9 Å². The number of pyridine rings is 1. The van der Waals surface area contributed by atoms with Crippen LogP contribution < -0.4 is 10.5 Å². The first-order valence-electron chi connectivity index (χ1n) is 12.8. The van der Waals surface area contributed by atoms with Gasteiger partial charge in [0.25, 0.3) is 0 Å². The van der Waals surface area contributed by atoms with Crippen LogP contribution in [0.5, 0.6) is 5.75 Å². The average molecular weight is 606 g/mol. The number of nitrogen functional groups attached to an aromatic ring is 1. The summed E-state index contributed by atoms with van der Waals surface area (Å²) in [5.41, 5.74) is 8.51. The van der Waals surface area contributed by atoms with E-state index in [4.69, 9.17) is 36.0 Å². The first-order valence-corrected chi connectivity index (χ1v) is 14.2. The second kappa shape index (κ2) is 12.0. The van der Waals surface area contributed by atoms with Crippen molar-refractivity contribution < 1.29 is 23.0 Å². The van der Waals surface area contributed by atoms with E-state index in [9.17, 15) is 14.9 Å². The van der Waals surface area contributed by atoms with Crippen molar-refractivity contribution in [3.63, 3.8) is 0 Å². The highest BCUT2D eigenvalue weighted by Gasteiger charge is 2.33. The average Bonchev–Trinajstić information content (AvgIpc) is 3.52. The van der Waals surface area contributed by atoms with Crippen molar-refractivity contribution in [3.8, 4) is 40.5 Å². The fourth-order valence-electron chi connectivity index (χ4n) is 4.39. The number of ether oxygens (including phenoxy) is 3. The lowest BCUT2D eigenvalue weighted by Gasteiger charge is -2.17. The van der Waals surface area contributed by atoms with Gasteiger partial charge in [0.1, 0.15) is 58.6 Å². The number of oxazole rings is 1. The molecule has 1 aliphatic heterocycles. The van der Waals surface area contributed by atoms with E-state index in [1.807, 2.05) is 13.8 Å². The zero-order valence-electron chi connectivity index (χ0n) is 22.9. The van der Waals surface area contributed by atoms with Gasteiger partial charge in [-0.05, 0) is 56.7 Å². The Bertz CT molecular complexity index is 1730. The quantitative estimate of drug-likeness (QED) is 0.217. The molecule has 12 heteroatoms. The molecule has 1 aliphatic rings. The van der Waals surface area contributed by atoms with Gasteiger partial charge >= 0.3 is 0 Å². The maximum absolute atomic E-state index is 14.0. The molecule has 4 aromatic rings. The van der Waals surface area contributed by atoms with Crippen molar-refractivity contribution >= 4 is 29.2 Å². The molecule has 2 aromatic carbocycles. The lowest BCUT2D eigenvalue weighted by Crippen LogP contribution is -2.25. The molecule has 0 saturated carbocycles. The number of aromatic nitrogens is 2. The maximum Gasteiger partial charge on any atom is 0.226 e. The van der Waals surface area contributed by atoms with E-state index in [1.54, 1.807) is 37.3 Å². The van der Waals surface area contributed by atoms with Gasteiger partial charge in [0.2, 0.25) is 5.89 Å². The number of thioether (sulfide) groups is 1. The number of benzene rings is 2. The molecule has 1 saturated heterocycles. The van der Waals surface area contributed by atoms with E-state index < -0.39 is 11.6 Å². The van der Waals surface area contributed by atoms with Crippen LogP contribution in [0.1, 0.15) is 36.4 Å². The van der Waals surface area contributed by atoms with Crippen LogP contribution in [0.3, 0.4) is 0 Å². The molecule has 3 heterocycles. The molecular weight excluding hydrogens is 581 g/mol. The summed E-state index contributed by atoms with van der Waals surface area (Å²) in [5, 5.41) is 20.4. The monoisotopic (exact) mass is 605 g/mol. The molecule has 1 fully saturated rings. The summed E-state index contributed by atoms with van der Waals surface area (Å²) >= 11 is 7.02. The van der Waals surface area contributed by atoms with E-state index in [-0.39, 0.29) is 39.7 Å². The number of rotatable bonds is 8. The molecule has 0 amide bonds. The fraction of sp³-hybridized carbons (Fsp3) is 0.267. The van der Waals surface area contributed by atoms with Crippen molar-refractivity contribution in [1.29, 1.82) is 10.5 Å². The normalized spacial score (nSPS) is 15.7. The van der Waals surface area contributed by atoms with E-state index in [0.717, 1.165) is 0 Å². The molecule has 0 unspecified atom stereocenters. The minimum Gasteiger partial charge on any atom is -0.491 e. The lowest BCUT2D eigenvalue weighted by molar-refractivity contribution is -0.141. The number of nitriles is 2. The number of hydrogen-bond acceptors (Lipinski definition) is 10. The van der Waals surface area contributed by atoms with Crippen molar-refractivity contribution in [2.24, 2.45) is 0 Å². The minimum absolute atomic E-state index is 0.00203. The molecule has 42 heavy (non-hydrogen) atoms.